The molecule has 0 saturated heterocycles. The number of carbonyl (C=O) groups is 1. The molecule has 0 atom stereocenters. The molecule has 3 rings (SSSR count). The number of unbranched alkanes of at least 4 members (excludes halogenated alkanes) is 13. The SMILES string of the molecule is CCCCCCCCCCCCCCCCOC(=O)c1ccc(COc2ccc(C=Nc3ccc(Br)cc3)cc2)cc1. The number of nitrogens with zero attached hydrogens (tertiary/aromatic N) is 1. The average molecular weight is 635 g/mol. The molecule has 0 saturated carbocycles. The minimum Gasteiger partial charge on any atom is -0.489 e. The summed E-state index contributed by atoms with van der Waals surface area (Å²) in [5.41, 5.74) is 3.49. The summed E-state index contributed by atoms with van der Waals surface area (Å²) in [6, 6.07) is 23.2. The standard InChI is InChI=1S/C37H48BrNO3/c1-2-3-4-5-6-7-8-9-10-11-12-13-14-15-28-41-37(40)33-20-16-32(17-21-33)30-42-36-26-18-31(19-27-36)29-39-35-24-22-34(38)23-25-35/h16-27,29H,2-15,28,30H2,1H3. The molecule has 0 bridgehead atoms. The van der Waals surface area contributed by atoms with Crippen LogP contribution in [-0.2, 0) is 11.3 Å². The summed E-state index contributed by atoms with van der Waals surface area (Å²) in [4.78, 5) is 16.9. The number of hydrogen-bond donors (Lipinski definition) is 0. The summed E-state index contributed by atoms with van der Waals surface area (Å²) in [5, 5.41) is 0. The third kappa shape index (κ3) is 14.3. The monoisotopic (exact) mass is 633 g/mol. The van der Waals surface area contributed by atoms with Gasteiger partial charge in [-0.1, -0.05) is 118 Å². The van der Waals surface area contributed by atoms with Crippen LogP contribution in [0.3, 0.4) is 0 Å². The highest BCUT2D eigenvalue weighted by atomic mass is 79.9. The molecule has 42 heavy (non-hydrogen) atoms. The summed E-state index contributed by atoms with van der Waals surface area (Å²) < 4.78 is 12.4. The molecule has 0 aromatic heterocycles. The molecule has 3 aromatic rings. The van der Waals surface area contributed by atoms with Gasteiger partial charge < -0.3 is 9.47 Å². The second-order valence-electron chi connectivity index (χ2n) is 11.0. The third-order valence-electron chi connectivity index (χ3n) is 7.40. The fourth-order valence-electron chi connectivity index (χ4n) is 4.77. The van der Waals surface area contributed by atoms with Crippen molar-refractivity contribution < 1.29 is 14.3 Å². The Hall–Kier alpha value is -2.92. The van der Waals surface area contributed by atoms with Crippen LogP contribution in [0, 0.1) is 0 Å². The Bertz CT molecular complexity index is 1160. The van der Waals surface area contributed by atoms with Gasteiger partial charge in [0.2, 0.25) is 0 Å². The lowest BCUT2D eigenvalue weighted by Gasteiger charge is -2.08. The van der Waals surface area contributed by atoms with Crippen LogP contribution in [0.1, 0.15) is 118 Å². The van der Waals surface area contributed by atoms with Crippen molar-refractivity contribution in [3.05, 3.63) is 94.0 Å². The minimum atomic E-state index is -0.252. The summed E-state index contributed by atoms with van der Waals surface area (Å²) >= 11 is 3.43. The molecular formula is C37H48BrNO3. The van der Waals surface area contributed by atoms with E-state index in [2.05, 4.69) is 27.8 Å². The topological polar surface area (TPSA) is 47.9 Å². The lowest BCUT2D eigenvalue weighted by atomic mass is 10.0. The van der Waals surface area contributed by atoms with Crippen LogP contribution < -0.4 is 4.74 Å². The van der Waals surface area contributed by atoms with Crippen molar-refractivity contribution in [1.82, 2.24) is 0 Å². The van der Waals surface area contributed by atoms with Crippen LogP contribution in [0.2, 0.25) is 0 Å². The quantitative estimate of drug-likeness (QED) is 0.0665. The number of hydrogen-bond acceptors (Lipinski definition) is 4. The summed E-state index contributed by atoms with van der Waals surface area (Å²) in [7, 11) is 0. The average Bonchev–Trinajstić information content (AvgIpc) is 3.02. The first kappa shape index (κ1) is 33.6. The van der Waals surface area contributed by atoms with Crippen LogP contribution in [0.5, 0.6) is 5.75 Å². The van der Waals surface area contributed by atoms with Gasteiger partial charge in [0.05, 0.1) is 17.9 Å². The predicted octanol–water partition coefficient (Wildman–Crippen LogP) is 11.4. The van der Waals surface area contributed by atoms with Gasteiger partial charge in [0.1, 0.15) is 12.4 Å². The molecule has 0 N–H and O–H groups in total. The zero-order chi connectivity index (χ0) is 29.7. The lowest BCUT2D eigenvalue weighted by molar-refractivity contribution is 0.0497. The van der Waals surface area contributed by atoms with Gasteiger partial charge in [-0.25, -0.2) is 4.79 Å². The van der Waals surface area contributed by atoms with E-state index in [1.165, 1.54) is 77.0 Å². The molecule has 3 aromatic carbocycles. The molecule has 0 aliphatic heterocycles. The number of aliphatic imine (C=N–C) groups is 1. The van der Waals surface area contributed by atoms with E-state index in [4.69, 9.17) is 9.47 Å². The van der Waals surface area contributed by atoms with Crippen LogP contribution in [-0.4, -0.2) is 18.8 Å². The molecule has 0 amide bonds. The molecular weight excluding hydrogens is 586 g/mol. The largest absolute Gasteiger partial charge is 0.489 e. The maximum Gasteiger partial charge on any atom is 0.338 e. The Morgan fingerprint density at radius 1 is 0.690 bits per heavy atom. The van der Waals surface area contributed by atoms with Gasteiger partial charge in [-0.2, -0.15) is 0 Å². The molecule has 0 fully saturated rings. The molecule has 0 radical (unpaired) electrons. The van der Waals surface area contributed by atoms with Crippen molar-refractivity contribution in [2.75, 3.05) is 6.61 Å². The maximum absolute atomic E-state index is 12.4. The van der Waals surface area contributed by atoms with Crippen molar-refractivity contribution in [3.8, 4) is 5.75 Å². The smallest absolute Gasteiger partial charge is 0.338 e. The highest BCUT2D eigenvalue weighted by Gasteiger charge is 2.07. The fourth-order valence-corrected chi connectivity index (χ4v) is 5.04. The Morgan fingerprint density at radius 2 is 1.24 bits per heavy atom. The number of carbonyl (C=O) groups excluding carboxylic acids is 1. The molecule has 5 heteroatoms. The highest BCUT2D eigenvalue weighted by Crippen LogP contribution is 2.18. The second-order valence-corrected chi connectivity index (χ2v) is 11.9. The van der Waals surface area contributed by atoms with Crippen LogP contribution >= 0.6 is 15.9 Å². The Labute approximate surface area is 262 Å². The Kier molecular flexibility index (Phi) is 16.7. The third-order valence-corrected chi connectivity index (χ3v) is 7.92. The normalized spacial score (nSPS) is 11.2. The zero-order valence-corrected chi connectivity index (χ0v) is 27.0. The summed E-state index contributed by atoms with van der Waals surface area (Å²) in [6.07, 6.45) is 20.3. The lowest BCUT2D eigenvalue weighted by Crippen LogP contribution is -2.06. The van der Waals surface area contributed by atoms with Crippen molar-refractivity contribution in [1.29, 1.82) is 0 Å². The van der Waals surface area contributed by atoms with E-state index in [0.29, 0.717) is 18.8 Å². The van der Waals surface area contributed by atoms with Gasteiger partial charge in [-0.05, 0) is 78.2 Å². The van der Waals surface area contributed by atoms with Crippen molar-refractivity contribution in [2.45, 2.75) is 103 Å². The minimum absolute atomic E-state index is 0.252. The summed E-state index contributed by atoms with van der Waals surface area (Å²) in [6.45, 7) is 3.20. The van der Waals surface area contributed by atoms with Gasteiger partial charge in [-0.3, -0.25) is 4.99 Å². The van der Waals surface area contributed by atoms with E-state index in [9.17, 15) is 4.79 Å². The van der Waals surface area contributed by atoms with Crippen molar-refractivity contribution in [2.24, 2.45) is 4.99 Å². The number of esters is 1. The van der Waals surface area contributed by atoms with Crippen molar-refractivity contribution in [3.63, 3.8) is 0 Å². The second kappa shape index (κ2) is 20.9. The zero-order valence-electron chi connectivity index (χ0n) is 25.4. The molecule has 0 unspecified atom stereocenters. The van der Waals surface area contributed by atoms with E-state index in [0.717, 1.165) is 39.9 Å². The first-order valence-corrected chi connectivity index (χ1v) is 16.7. The van der Waals surface area contributed by atoms with Crippen LogP contribution in [0.4, 0.5) is 5.69 Å². The highest BCUT2D eigenvalue weighted by molar-refractivity contribution is 9.10. The van der Waals surface area contributed by atoms with Gasteiger partial charge in [0, 0.05) is 10.7 Å². The van der Waals surface area contributed by atoms with E-state index in [1.54, 1.807) is 0 Å². The van der Waals surface area contributed by atoms with Gasteiger partial charge in [0.25, 0.3) is 0 Å². The molecule has 0 aliphatic carbocycles. The van der Waals surface area contributed by atoms with Gasteiger partial charge >= 0.3 is 5.97 Å². The van der Waals surface area contributed by atoms with E-state index < -0.39 is 0 Å². The maximum atomic E-state index is 12.4. The fraction of sp³-hybridized carbons (Fsp3) is 0.459. The molecule has 0 heterocycles. The number of benzene rings is 3. The van der Waals surface area contributed by atoms with E-state index in [-0.39, 0.29) is 5.97 Å². The predicted molar refractivity (Wildman–Crippen MR) is 179 cm³/mol. The first-order chi connectivity index (χ1) is 20.6. The van der Waals surface area contributed by atoms with Gasteiger partial charge in [0.15, 0.2) is 0 Å². The number of halogens is 1. The Balaban J connectivity index is 1.22. The molecule has 0 spiro atoms. The van der Waals surface area contributed by atoms with Crippen LogP contribution in [0.25, 0.3) is 0 Å². The molecule has 0 aliphatic rings. The van der Waals surface area contributed by atoms with Crippen LogP contribution in [0.15, 0.2) is 82.3 Å². The molecule has 4 nitrogen and oxygen atoms in total. The van der Waals surface area contributed by atoms with Crippen molar-refractivity contribution >= 4 is 33.8 Å². The number of rotatable bonds is 21. The van der Waals surface area contributed by atoms with E-state index in [1.807, 2.05) is 79.0 Å². The molecule has 226 valence electrons. The number of ether oxygens (including phenoxy) is 2. The summed E-state index contributed by atoms with van der Waals surface area (Å²) in [5.74, 6) is 0.532. The van der Waals surface area contributed by atoms with Gasteiger partial charge in [-0.15, -0.1) is 0 Å². The first-order valence-electron chi connectivity index (χ1n) is 15.9. The van der Waals surface area contributed by atoms with E-state index >= 15 is 0 Å². The Morgan fingerprint density at radius 3 is 1.81 bits per heavy atom.